The second-order valence-electron chi connectivity index (χ2n) is 6.40. The summed E-state index contributed by atoms with van der Waals surface area (Å²) in [7, 11) is 0. The summed E-state index contributed by atoms with van der Waals surface area (Å²) >= 11 is 0. The number of nitrogens with zero attached hydrogens (tertiary/aromatic N) is 2. The first-order chi connectivity index (χ1) is 9.69. The fourth-order valence-electron chi connectivity index (χ4n) is 3.48. The Labute approximate surface area is 120 Å². The average molecular weight is 279 g/mol. The van der Waals surface area contributed by atoms with Gasteiger partial charge in [-0.2, -0.15) is 4.98 Å². The lowest BCUT2D eigenvalue weighted by Gasteiger charge is -2.34. The van der Waals surface area contributed by atoms with Gasteiger partial charge in [-0.15, -0.1) is 0 Å². The molecular weight excluding hydrogens is 254 g/mol. The van der Waals surface area contributed by atoms with Gasteiger partial charge in [0.15, 0.2) is 0 Å². The number of aromatic nitrogens is 2. The van der Waals surface area contributed by atoms with E-state index in [2.05, 4.69) is 17.4 Å². The lowest BCUT2D eigenvalue weighted by atomic mass is 9.83. The molecule has 1 N–H and O–H groups in total. The number of rotatable bonds is 4. The van der Waals surface area contributed by atoms with Crippen molar-refractivity contribution in [2.45, 2.75) is 63.4 Å². The molecule has 1 aliphatic carbocycles. The highest BCUT2D eigenvalue weighted by molar-refractivity contribution is 5.11. The zero-order valence-corrected chi connectivity index (χ0v) is 12.6. The third kappa shape index (κ3) is 2.37. The van der Waals surface area contributed by atoms with E-state index in [0.29, 0.717) is 6.61 Å². The summed E-state index contributed by atoms with van der Waals surface area (Å²) < 4.78 is 11.7. The molecule has 1 aliphatic heterocycles. The number of hydrogen-bond acceptors (Lipinski definition) is 5. The maximum atomic E-state index is 6.06. The first-order valence-electron chi connectivity index (χ1n) is 7.88. The average Bonchev–Trinajstić information content (AvgIpc) is 3.10. The van der Waals surface area contributed by atoms with Crippen LogP contribution < -0.4 is 5.32 Å². The van der Waals surface area contributed by atoms with Gasteiger partial charge in [-0.1, -0.05) is 24.4 Å². The van der Waals surface area contributed by atoms with Crippen LogP contribution in [0.1, 0.15) is 64.1 Å². The molecule has 1 saturated heterocycles. The molecule has 0 spiro atoms. The fraction of sp³-hybridized carbons (Fsp3) is 0.867. The third-order valence-electron chi connectivity index (χ3n) is 4.80. The minimum absolute atomic E-state index is 0.0205. The maximum Gasteiger partial charge on any atom is 0.234 e. The lowest BCUT2D eigenvalue weighted by Crippen LogP contribution is -2.34. The molecule has 112 valence electrons. The second-order valence-corrected chi connectivity index (χ2v) is 6.40. The SMILES string of the molecule is CCOC1(c2noc(C3(C)CCNC3)n2)CCCCC1. The van der Waals surface area contributed by atoms with Crippen LogP contribution in [0.25, 0.3) is 0 Å². The van der Waals surface area contributed by atoms with Crippen molar-refractivity contribution in [3.63, 3.8) is 0 Å². The fourth-order valence-corrected chi connectivity index (χ4v) is 3.48. The molecule has 2 heterocycles. The predicted molar refractivity (Wildman–Crippen MR) is 75.5 cm³/mol. The first-order valence-corrected chi connectivity index (χ1v) is 7.88. The van der Waals surface area contributed by atoms with Crippen LogP contribution in [-0.2, 0) is 15.8 Å². The Morgan fingerprint density at radius 2 is 2.05 bits per heavy atom. The zero-order chi connectivity index (χ0) is 14.1. The molecule has 2 aliphatic rings. The molecule has 0 amide bonds. The highest BCUT2D eigenvalue weighted by Crippen LogP contribution is 2.40. The molecule has 1 saturated carbocycles. The largest absolute Gasteiger partial charge is 0.367 e. The summed E-state index contributed by atoms with van der Waals surface area (Å²) in [5.74, 6) is 1.53. The quantitative estimate of drug-likeness (QED) is 0.917. The number of ether oxygens (including phenoxy) is 1. The minimum atomic E-state index is -0.308. The maximum absolute atomic E-state index is 6.06. The van der Waals surface area contributed by atoms with Gasteiger partial charge < -0.3 is 14.6 Å². The van der Waals surface area contributed by atoms with Crippen LogP contribution in [-0.4, -0.2) is 29.8 Å². The standard InChI is InChI=1S/C15H25N3O2/c1-3-19-15(7-5-4-6-8-15)12-17-13(20-18-12)14(2)9-10-16-11-14/h16H,3-11H2,1-2H3. The van der Waals surface area contributed by atoms with Crippen molar-refractivity contribution in [2.75, 3.05) is 19.7 Å². The van der Waals surface area contributed by atoms with E-state index in [0.717, 1.165) is 44.1 Å². The molecule has 0 radical (unpaired) electrons. The van der Waals surface area contributed by atoms with Gasteiger partial charge in [0.1, 0.15) is 5.60 Å². The Balaban J connectivity index is 1.87. The molecule has 2 fully saturated rings. The molecule has 3 rings (SSSR count). The zero-order valence-electron chi connectivity index (χ0n) is 12.6. The van der Waals surface area contributed by atoms with Crippen LogP contribution in [0, 0.1) is 0 Å². The van der Waals surface area contributed by atoms with E-state index >= 15 is 0 Å². The van der Waals surface area contributed by atoms with Gasteiger partial charge in [-0.25, -0.2) is 0 Å². The summed E-state index contributed by atoms with van der Waals surface area (Å²) in [4.78, 5) is 4.74. The van der Waals surface area contributed by atoms with Crippen LogP contribution in [0.4, 0.5) is 0 Å². The number of nitrogens with one attached hydrogen (secondary N) is 1. The topological polar surface area (TPSA) is 60.2 Å². The number of hydrogen-bond donors (Lipinski definition) is 1. The molecule has 0 bridgehead atoms. The summed E-state index contributed by atoms with van der Waals surface area (Å²) in [6.45, 7) is 6.86. The molecule has 1 atom stereocenters. The van der Waals surface area contributed by atoms with E-state index < -0.39 is 0 Å². The summed E-state index contributed by atoms with van der Waals surface area (Å²) in [5.41, 5.74) is -0.329. The second kappa shape index (κ2) is 5.45. The van der Waals surface area contributed by atoms with Gasteiger partial charge in [0.2, 0.25) is 11.7 Å². The Bertz CT molecular complexity index is 440. The van der Waals surface area contributed by atoms with Crippen LogP contribution in [0.15, 0.2) is 4.52 Å². The Morgan fingerprint density at radius 1 is 1.25 bits per heavy atom. The molecular formula is C15H25N3O2. The third-order valence-corrected chi connectivity index (χ3v) is 4.80. The Kier molecular flexibility index (Phi) is 3.82. The molecule has 1 aromatic rings. The van der Waals surface area contributed by atoms with Crippen LogP contribution in [0.3, 0.4) is 0 Å². The van der Waals surface area contributed by atoms with E-state index in [1.165, 1.54) is 19.3 Å². The van der Waals surface area contributed by atoms with Crippen LogP contribution in [0.2, 0.25) is 0 Å². The summed E-state index contributed by atoms with van der Waals surface area (Å²) in [6.07, 6.45) is 6.71. The van der Waals surface area contributed by atoms with E-state index in [9.17, 15) is 0 Å². The van der Waals surface area contributed by atoms with Crippen molar-refractivity contribution in [3.8, 4) is 0 Å². The molecule has 20 heavy (non-hydrogen) atoms. The van der Waals surface area contributed by atoms with Gasteiger partial charge in [0.25, 0.3) is 0 Å². The van der Waals surface area contributed by atoms with Gasteiger partial charge in [-0.3, -0.25) is 0 Å². The monoisotopic (exact) mass is 279 g/mol. The lowest BCUT2D eigenvalue weighted by molar-refractivity contribution is -0.0777. The molecule has 5 heteroatoms. The van der Waals surface area contributed by atoms with E-state index in [4.69, 9.17) is 14.2 Å². The normalized spacial score (nSPS) is 29.7. The van der Waals surface area contributed by atoms with Crippen LogP contribution >= 0.6 is 0 Å². The molecule has 1 aromatic heterocycles. The summed E-state index contributed by atoms with van der Waals surface area (Å²) in [5, 5.41) is 7.66. The highest BCUT2D eigenvalue weighted by Gasteiger charge is 2.42. The van der Waals surface area contributed by atoms with Gasteiger partial charge in [0, 0.05) is 13.2 Å². The molecule has 5 nitrogen and oxygen atoms in total. The highest BCUT2D eigenvalue weighted by atomic mass is 16.5. The van der Waals surface area contributed by atoms with E-state index in [1.54, 1.807) is 0 Å². The minimum Gasteiger partial charge on any atom is -0.367 e. The van der Waals surface area contributed by atoms with Crippen molar-refractivity contribution in [2.24, 2.45) is 0 Å². The van der Waals surface area contributed by atoms with Gasteiger partial charge in [-0.05, 0) is 39.7 Å². The Hall–Kier alpha value is -0.940. The van der Waals surface area contributed by atoms with Crippen molar-refractivity contribution >= 4 is 0 Å². The van der Waals surface area contributed by atoms with Crippen molar-refractivity contribution < 1.29 is 9.26 Å². The molecule has 1 unspecified atom stereocenters. The van der Waals surface area contributed by atoms with Crippen LogP contribution in [0.5, 0.6) is 0 Å². The van der Waals surface area contributed by atoms with E-state index in [-0.39, 0.29) is 11.0 Å². The molecule has 0 aromatic carbocycles. The first kappa shape index (κ1) is 14.0. The van der Waals surface area contributed by atoms with Gasteiger partial charge >= 0.3 is 0 Å². The van der Waals surface area contributed by atoms with Crippen molar-refractivity contribution in [1.29, 1.82) is 0 Å². The van der Waals surface area contributed by atoms with E-state index in [1.807, 2.05) is 6.92 Å². The predicted octanol–water partition coefficient (Wildman–Crippen LogP) is 2.52. The van der Waals surface area contributed by atoms with Crippen molar-refractivity contribution in [1.82, 2.24) is 15.5 Å². The van der Waals surface area contributed by atoms with Gasteiger partial charge in [0.05, 0.1) is 5.41 Å². The Morgan fingerprint density at radius 3 is 2.70 bits per heavy atom. The van der Waals surface area contributed by atoms with Crippen molar-refractivity contribution in [3.05, 3.63) is 11.7 Å². The smallest absolute Gasteiger partial charge is 0.234 e. The summed E-state index contributed by atoms with van der Waals surface area (Å²) in [6, 6.07) is 0.